The highest BCUT2D eigenvalue weighted by Crippen LogP contribution is 2.42. The minimum atomic E-state index is -3.43. The Morgan fingerprint density at radius 3 is 2.09 bits per heavy atom. The molecule has 0 aromatic heterocycles. The summed E-state index contributed by atoms with van der Waals surface area (Å²) in [5.74, 6) is 0.141. The van der Waals surface area contributed by atoms with Crippen molar-refractivity contribution >= 4 is 10.0 Å². The predicted octanol–water partition coefficient (Wildman–Crippen LogP) is 4.11. The summed E-state index contributed by atoms with van der Waals surface area (Å²) in [6.07, 6.45) is 1.77. The summed E-state index contributed by atoms with van der Waals surface area (Å²) in [5, 5.41) is 10.2. The first-order valence-corrected chi connectivity index (χ1v) is 13.7. The molecule has 34 heavy (non-hydrogen) atoms. The van der Waals surface area contributed by atoms with Gasteiger partial charge in [-0.05, 0) is 41.6 Å². The molecule has 0 amide bonds. The predicted molar refractivity (Wildman–Crippen MR) is 136 cm³/mol. The second kappa shape index (κ2) is 10.0. The van der Waals surface area contributed by atoms with E-state index in [1.54, 1.807) is 4.31 Å². The lowest BCUT2D eigenvalue weighted by Gasteiger charge is -2.57. The molecule has 0 radical (unpaired) electrons. The number of fused-ring (bicyclic) bond motifs is 1. The maximum absolute atomic E-state index is 13.4. The molecule has 1 N–H and O–H groups in total. The van der Waals surface area contributed by atoms with E-state index in [9.17, 15) is 13.5 Å². The van der Waals surface area contributed by atoms with Crippen LogP contribution in [0, 0.1) is 0 Å². The van der Waals surface area contributed by atoms with E-state index in [4.69, 9.17) is 0 Å². The number of aliphatic hydroxyl groups is 1. The molecule has 178 valence electrons. The highest BCUT2D eigenvalue weighted by molar-refractivity contribution is 7.88. The quantitative estimate of drug-likeness (QED) is 0.582. The molecule has 0 bridgehead atoms. The van der Waals surface area contributed by atoms with Crippen LogP contribution >= 0.6 is 0 Å². The largest absolute Gasteiger partial charge is 0.395 e. The normalized spacial score (nSPS) is 24.0. The van der Waals surface area contributed by atoms with Gasteiger partial charge in [0.05, 0.1) is 12.4 Å². The van der Waals surface area contributed by atoms with E-state index < -0.39 is 10.0 Å². The third kappa shape index (κ3) is 4.68. The maximum Gasteiger partial charge on any atom is 0.218 e. The van der Waals surface area contributed by atoms with Crippen molar-refractivity contribution < 1.29 is 13.5 Å². The van der Waals surface area contributed by atoms with E-state index in [1.807, 2.05) is 48.5 Å². The maximum atomic E-state index is 13.4. The fourth-order valence-corrected chi connectivity index (χ4v) is 7.15. The summed E-state index contributed by atoms with van der Waals surface area (Å²) in [5.41, 5.74) is 4.32. The number of hydrogen-bond acceptors (Lipinski definition) is 4. The zero-order valence-corrected chi connectivity index (χ0v) is 20.1. The fourth-order valence-electron chi connectivity index (χ4n) is 5.57. The highest BCUT2D eigenvalue weighted by atomic mass is 32.2. The van der Waals surface area contributed by atoms with Gasteiger partial charge in [0.1, 0.15) is 0 Å². The van der Waals surface area contributed by atoms with Crippen molar-refractivity contribution in [3.05, 3.63) is 96.1 Å². The first kappa shape index (κ1) is 23.2. The van der Waals surface area contributed by atoms with Gasteiger partial charge in [0, 0.05) is 31.1 Å². The summed E-state index contributed by atoms with van der Waals surface area (Å²) >= 11 is 0. The van der Waals surface area contributed by atoms with Crippen molar-refractivity contribution in [3.63, 3.8) is 0 Å². The molecule has 5 rings (SSSR count). The molecule has 0 spiro atoms. The molecule has 2 heterocycles. The van der Waals surface area contributed by atoms with Crippen LogP contribution in [-0.4, -0.2) is 61.1 Å². The van der Waals surface area contributed by atoms with Crippen molar-refractivity contribution in [3.8, 4) is 11.1 Å². The van der Waals surface area contributed by atoms with Crippen molar-refractivity contribution in [2.75, 3.05) is 26.2 Å². The molecule has 2 saturated heterocycles. The number of hydrogen-bond donors (Lipinski definition) is 1. The van der Waals surface area contributed by atoms with Crippen molar-refractivity contribution in [1.29, 1.82) is 0 Å². The number of benzene rings is 3. The Morgan fingerprint density at radius 2 is 1.41 bits per heavy atom. The number of nitrogens with zero attached hydrogens (tertiary/aromatic N) is 2. The van der Waals surface area contributed by atoms with E-state index in [0.29, 0.717) is 13.1 Å². The second-order valence-corrected chi connectivity index (χ2v) is 11.3. The smallest absolute Gasteiger partial charge is 0.218 e. The zero-order chi connectivity index (χ0) is 23.5. The Kier molecular flexibility index (Phi) is 6.84. The van der Waals surface area contributed by atoms with Crippen LogP contribution in [0.15, 0.2) is 84.9 Å². The molecule has 0 saturated carbocycles. The first-order valence-electron chi connectivity index (χ1n) is 12.1. The summed E-state index contributed by atoms with van der Waals surface area (Å²) in [4.78, 5) is 2.32. The standard InChI is InChI=1S/C28H32N2O3S/c31-20-27-28(25-15-13-24(14-16-25)23-11-5-2-6-12-23)26-19-29(17-7-8-18-30(26)27)34(32,33)21-22-9-3-1-4-10-22/h1-6,9-16,26-28,31H,7-8,17-21H2/t26-,27-,28+/m1/s1. The van der Waals surface area contributed by atoms with Crippen LogP contribution in [0.25, 0.3) is 11.1 Å². The molecule has 3 atom stereocenters. The van der Waals surface area contributed by atoms with Crippen molar-refractivity contribution in [1.82, 2.24) is 9.21 Å². The molecule has 5 nitrogen and oxygen atoms in total. The molecule has 3 aromatic carbocycles. The van der Waals surface area contributed by atoms with Crippen LogP contribution < -0.4 is 0 Å². The highest BCUT2D eigenvalue weighted by Gasteiger charge is 2.50. The first-order chi connectivity index (χ1) is 16.6. The Morgan fingerprint density at radius 1 is 0.794 bits per heavy atom. The molecule has 6 heteroatoms. The lowest BCUT2D eigenvalue weighted by molar-refractivity contribution is -0.0554. The summed E-state index contributed by atoms with van der Waals surface area (Å²) in [6, 6.07) is 28.4. The van der Waals surface area contributed by atoms with Crippen LogP contribution in [0.2, 0.25) is 0 Å². The molecule has 3 aromatic rings. The van der Waals surface area contributed by atoms with E-state index in [1.165, 1.54) is 11.1 Å². The molecule has 2 fully saturated rings. The fraction of sp³-hybridized carbons (Fsp3) is 0.357. The van der Waals surface area contributed by atoms with Gasteiger partial charge < -0.3 is 5.11 Å². The van der Waals surface area contributed by atoms with Crippen LogP contribution in [0.1, 0.15) is 29.9 Å². The minimum absolute atomic E-state index is 0.0282. The van der Waals surface area contributed by atoms with Gasteiger partial charge in [-0.2, -0.15) is 0 Å². The topological polar surface area (TPSA) is 60.9 Å². The Labute approximate surface area is 202 Å². The lowest BCUT2D eigenvalue weighted by Crippen LogP contribution is -2.67. The van der Waals surface area contributed by atoms with E-state index in [0.717, 1.165) is 30.5 Å². The molecular weight excluding hydrogens is 444 g/mol. The van der Waals surface area contributed by atoms with E-state index >= 15 is 0 Å². The second-order valence-electron chi connectivity index (χ2n) is 9.38. The lowest BCUT2D eigenvalue weighted by atomic mass is 9.74. The Balaban J connectivity index is 1.38. The SMILES string of the molecule is O=S(=O)(Cc1ccccc1)N1CCCCN2[C@H](CO)[C@@H](c3ccc(-c4ccccc4)cc3)[C@H]2C1. The van der Waals surface area contributed by atoms with Gasteiger partial charge >= 0.3 is 0 Å². The van der Waals surface area contributed by atoms with Crippen molar-refractivity contribution in [2.24, 2.45) is 0 Å². The van der Waals surface area contributed by atoms with E-state index in [-0.39, 0.29) is 30.4 Å². The van der Waals surface area contributed by atoms with Gasteiger partial charge in [-0.3, -0.25) is 4.90 Å². The number of aliphatic hydroxyl groups excluding tert-OH is 1. The molecular formula is C28H32N2O3S. The van der Waals surface area contributed by atoms with Gasteiger partial charge in [-0.1, -0.05) is 84.9 Å². The monoisotopic (exact) mass is 476 g/mol. The summed E-state index contributed by atoms with van der Waals surface area (Å²) in [7, 11) is -3.43. The summed E-state index contributed by atoms with van der Waals surface area (Å²) in [6.45, 7) is 2.01. The molecule has 0 unspecified atom stereocenters. The third-order valence-electron chi connectivity index (χ3n) is 7.32. The van der Waals surface area contributed by atoms with Gasteiger partial charge in [-0.25, -0.2) is 12.7 Å². The molecule has 2 aliphatic heterocycles. The van der Waals surface area contributed by atoms with Crippen LogP contribution in [-0.2, 0) is 15.8 Å². The van der Waals surface area contributed by atoms with Gasteiger partial charge in [0.15, 0.2) is 0 Å². The zero-order valence-electron chi connectivity index (χ0n) is 19.3. The van der Waals surface area contributed by atoms with Gasteiger partial charge in [0.25, 0.3) is 0 Å². The van der Waals surface area contributed by atoms with Crippen LogP contribution in [0.5, 0.6) is 0 Å². The summed E-state index contributed by atoms with van der Waals surface area (Å²) < 4.78 is 28.4. The van der Waals surface area contributed by atoms with Gasteiger partial charge in [0.2, 0.25) is 10.0 Å². The molecule has 2 aliphatic rings. The van der Waals surface area contributed by atoms with Crippen molar-refractivity contribution in [2.45, 2.75) is 36.6 Å². The molecule has 0 aliphatic carbocycles. The van der Waals surface area contributed by atoms with Crippen LogP contribution in [0.4, 0.5) is 0 Å². The average molecular weight is 477 g/mol. The minimum Gasteiger partial charge on any atom is -0.395 e. The van der Waals surface area contributed by atoms with E-state index in [2.05, 4.69) is 41.3 Å². The Bertz CT molecular complexity index is 1180. The third-order valence-corrected chi connectivity index (χ3v) is 9.14. The average Bonchev–Trinajstić information content (AvgIpc) is 2.84. The van der Waals surface area contributed by atoms with Gasteiger partial charge in [-0.15, -0.1) is 0 Å². The Hall–Kier alpha value is -2.51. The van der Waals surface area contributed by atoms with Crippen LogP contribution in [0.3, 0.4) is 0 Å². The number of sulfonamides is 1. The number of rotatable bonds is 6.